The van der Waals surface area contributed by atoms with Crippen LogP contribution in [0.4, 0.5) is 0 Å². The van der Waals surface area contributed by atoms with Crippen LogP contribution in [-0.2, 0) is 9.59 Å². The monoisotopic (exact) mass is 345 g/mol. The van der Waals surface area contributed by atoms with Crippen LogP contribution in [0.2, 0.25) is 0 Å². The number of hydrogen-bond acceptors (Lipinski definition) is 5. The molecule has 0 aliphatic rings. The van der Waals surface area contributed by atoms with Crippen molar-refractivity contribution in [2.24, 2.45) is 5.10 Å². The van der Waals surface area contributed by atoms with Gasteiger partial charge in [-0.15, -0.1) is 11.3 Å². The van der Waals surface area contributed by atoms with Crippen LogP contribution in [0.15, 0.2) is 46.9 Å². The van der Waals surface area contributed by atoms with Gasteiger partial charge in [0.25, 0.3) is 11.8 Å². The van der Waals surface area contributed by atoms with Crippen LogP contribution in [0.25, 0.3) is 0 Å². The topological polar surface area (TPSA) is 79.8 Å². The van der Waals surface area contributed by atoms with Crippen molar-refractivity contribution in [3.05, 3.63) is 52.2 Å². The zero-order valence-electron chi connectivity index (χ0n) is 13.5. The Hall–Kier alpha value is -2.67. The van der Waals surface area contributed by atoms with Gasteiger partial charge in [0.1, 0.15) is 11.8 Å². The average Bonchev–Trinajstić information content (AvgIpc) is 3.06. The highest BCUT2D eigenvalue weighted by Crippen LogP contribution is 2.11. The van der Waals surface area contributed by atoms with Gasteiger partial charge in [-0.05, 0) is 43.0 Å². The number of thiophene rings is 1. The molecule has 0 spiro atoms. The second-order valence-electron chi connectivity index (χ2n) is 5.14. The quantitative estimate of drug-likeness (QED) is 0.596. The standard InChI is InChI=1S/C17H19N3O3S/c1-12-5-3-6-14(9-12)23-11-16(21)19-13(2)17(22)20-18-10-15-7-4-8-24-15/h3-10,13H,11H2,1-2H3,(H,19,21)(H,20,22)/b18-10-/t13-/m1/s1. The number of hydrogen-bond donors (Lipinski definition) is 2. The summed E-state index contributed by atoms with van der Waals surface area (Å²) in [6.07, 6.45) is 1.55. The summed E-state index contributed by atoms with van der Waals surface area (Å²) >= 11 is 1.51. The summed E-state index contributed by atoms with van der Waals surface area (Å²) in [5.41, 5.74) is 3.43. The van der Waals surface area contributed by atoms with E-state index >= 15 is 0 Å². The van der Waals surface area contributed by atoms with Gasteiger partial charge in [0.15, 0.2) is 6.61 Å². The minimum absolute atomic E-state index is 0.153. The predicted octanol–water partition coefficient (Wildman–Crippen LogP) is 2.09. The summed E-state index contributed by atoms with van der Waals surface area (Å²) in [7, 11) is 0. The second-order valence-corrected chi connectivity index (χ2v) is 6.12. The van der Waals surface area contributed by atoms with Crippen LogP contribution in [0, 0.1) is 6.92 Å². The van der Waals surface area contributed by atoms with Gasteiger partial charge in [-0.25, -0.2) is 5.43 Å². The molecule has 0 unspecified atom stereocenters. The molecule has 2 N–H and O–H groups in total. The molecule has 0 saturated heterocycles. The Labute approximate surface area is 144 Å². The number of ether oxygens (including phenoxy) is 1. The lowest BCUT2D eigenvalue weighted by molar-refractivity contribution is -0.129. The molecule has 2 rings (SSSR count). The first-order valence-electron chi connectivity index (χ1n) is 7.40. The van der Waals surface area contributed by atoms with Crippen LogP contribution < -0.4 is 15.5 Å². The smallest absolute Gasteiger partial charge is 0.262 e. The Kier molecular flexibility index (Phi) is 6.51. The number of carbonyl (C=O) groups excluding carboxylic acids is 2. The summed E-state index contributed by atoms with van der Waals surface area (Å²) < 4.78 is 5.39. The molecule has 24 heavy (non-hydrogen) atoms. The maximum atomic E-state index is 11.8. The van der Waals surface area contributed by atoms with Crippen molar-refractivity contribution in [3.8, 4) is 5.75 Å². The van der Waals surface area contributed by atoms with Crippen LogP contribution in [0.1, 0.15) is 17.4 Å². The summed E-state index contributed by atoms with van der Waals surface area (Å²) in [6.45, 7) is 3.37. The lowest BCUT2D eigenvalue weighted by Crippen LogP contribution is -2.45. The molecule has 2 amide bonds. The van der Waals surface area contributed by atoms with Crippen molar-refractivity contribution in [1.29, 1.82) is 0 Å². The number of nitrogens with one attached hydrogen (secondary N) is 2. The summed E-state index contributed by atoms with van der Waals surface area (Å²) in [6, 6.07) is 10.5. The van der Waals surface area contributed by atoms with E-state index in [2.05, 4.69) is 15.8 Å². The molecule has 6 nitrogen and oxygen atoms in total. The zero-order valence-corrected chi connectivity index (χ0v) is 14.3. The van der Waals surface area contributed by atoms with Gasteiger partial charge < -0.3 is 10.1 Å². The lowest BCUT2D eigenvalue weighted by Gasteiger charge is -2.12. The fourth-order valence-electron chi connectivity index (χ4n) is 1.82. The van der Waals surface area contributed by atoms with Gasteiger partial charge >= 0.3 is 0 Å². The van der Waals surface area contributed by atoms with E-state index in [1.807, 2.05) is 42.6 Å². The third kappa shape index (κ3) is 5.85. The average molecular weight is 345 g/mol. The maximum absolute atomic E-state index is 11.8. The minimum atomic E-state index is -0.709. The fraction of sp³-hybridized carbons (Fsp3) is 0.235. The van der Waals surface area contributed by atoms with Crippen molar-refractivity contribution < 1.29 is 14.3 Å². The molecule has 0 aliphatic heterocycles. The Bertz CT molecular complexity index is 714. The molecular weight excluding hydrogens is 326 g/mol. The number of benzene rings is 1. The van der Waals surface area contributed by atoms with Crippen molar-refractivity contribution in [2.45, 2.75) is 19.9 Å². The molecule has 0 aliphatic carbocycles. The minimum Gasteiger partial charge on any atom is -0.484 e. The number of carbonyl (C=O) groups is 2. The molecule has 1 atom stereocenters. The van der Waals surface area contributed by atoms with E-state index in [0.717, 1.165) is 10.4 Å². The number of rotatable bonds is 7. The lowest BCUT2D eigenvalue weighted by atomic mass is 10.2. The molecule has 0 radical (unpaired) electrons. The highest BCUT2D eigenvalue weighted by Gasteiger charge is 2.15. The summed E-state index contributed by atoms with van der Waals surface area (Å²) in [5, 5.41) is 8.33. The Morgan fingerprint density at radius 3 is 2.88 bits per heavy atom. The van der Waals surface area contributed by atoms with Crippen molar-refractivity contribution >= 4 is 29.4 Å². The van der Waals surface area contributed by atoms with Crippen LogP contribution in [0.5, 0.6) is 5.75 Å². The van der Waals surface area contributed by atoms with E-state index in [9.17, 15) is 9.59 Å². The van der Waals surface area contributed by atoms with E-state index < -0.39 is 11.9 Å². The third-order valence-corrected chi connectivity index (χ3v) is 3.85. The van der Waals surface area contributed by atoms with E-state index in [-0.39, 0.29) is 12.5 Å². The van der Waals surface area contributed by atoms with Crippen molar-refractivity contribution in [1.82, 2.24) is 10.7 Å². The van der Waals surface area contributed by atoms with Crippen LogP contribution >= 0.6 is 11.3 Å². The SMILES string of the molecule is Cc1cccc(OCC(=O)N[C@H](C)C(=O)N/N=C\c2cccs2)c1. The molecule has 1 heterocycles. The highest BCUT2D eigenvalue weighted by atomic mass is 32.1. The summed E-state index contributed by atoms with van der Waals surface area (Å²) in [4.78, 5) is 24.6. The first-order valence-corrected chi connectivity index (χ1v) is 8.28. The van der Waals surface area contributed by atoms with Gasteiger partial charge in [0.2, 0.25) is 0 Å². The van der Waals surface area contributed by atoms with E-state index in [1.54, 1.807) is 19.2 Å². The number of nitrogens with zero attached hydrogens (tertiary/aromatic N) is 1. The van der Waals surface area contributed by atoms with Crippen molar-refractivity contribution in [2.75, 3.05) is 6.61 Å². The normalized spacial score (nSPS) is 11.9. The van der Waals surface area contributed by atoms with Gasteiger partial charge in [-0.1, -0.05) is 18.2 Å². The van der Waals surface area contributed by atoms with Gasteiger partial charge in [0, 0.05) is 4.88 Å². The van der Waals surface area contributed by atoms with E-state index in [0.29, 0.717) is 5.75 Å². The first-order chi connectivity index (χ1) is 11.5. The second kappa shape index (κ2) is 8.83. The molecule has 1 aromatic carbocycles. The summed E-state index contributed by atoms with van der Waals surface area (Å²) in [5.74, 6) is -0.157. The van der Waals surface area contributed by atoms with Crippen LogP contribution in [0.3, 0.4) is 0 Å². The molecule has 2 aromatic rings. The number of hydrazone groups is 1. The van der Waals surface area contributed by atoms with Gasteiger partial charge in [0.05, 0.1) is 6.21 Å². The van der Waals surface area contributed by atoms with E-state index in [4.69, 9.17) is 4.74 Å². The van der Waals surface area contributed by atoms with Crippen LogP contribution in [-0.4, -0.2) is 30.7 Å². The largest absolute Gasteiger partial charge is 0.484 e. The first kappa shape index (κ1) is 17.7. The Morgan fingerprint density at radius 2 is 2.17 bits per heavy atom. The fourth-order valence-corrected chi connectivity index (χ4v) is 2.41. The number of amides is 2. The zero-order chi connectivity index (χ0) is 17.4. The van der Waals surface area contributed by atoms with Gasteiger partial charge in [-0.2, -0.15) is 5.10 Å². The molecule has 7 heteroatoms. The third-order valence-electron chi connectivity index (χ3n) is 3.04. The molecule has 1 aromatic heterocycles. The van der Waals surface area contributed by atoms with E-state index in [1.165, 1.54) is 11.3 Å². The van der Waals surface area contributed by atoms with Gasteiger partial charge in [-0.3, -0.25) is 9.59 Å². The molecule has 0 bridgehead atoms. The highest BCUT2D eigenvalue weighted by molar-refractivity contribution is 7.11. The molecule has 0 fully saturated rings. The molecule has 0 saturated carbocycles. The molecular formula is C17H19N3O3S. The maximum Gasteiger partial charge on any atom is 0.262 e. The van der Waals surface area contributed by atoms with Crippen molar-refractivity contribution in [3.63, 3.8) is 0 Å². The molecule has 126 valence electrons. The predicted molar refractivity (Wildman–Crippen MR) is 94.3 cm³/mol. The Balaban J connectivity index is 1.73. The Morgan fingerprint density at radius 1 is 1.33 bits per heavy atom. The number of aryl methyl sites for hydroxylation is 1.